The summed E-state index contributed by atoms with van der Waals surface area (Å²) in [6, 6.07) is 12.7. The molecule has 5 rings (SSSR count). The number of carboxylic acid groups (broad SMARTS) is 1. The van der Waals surface area contributed by atoms with Crippen molar-refractivity contribution < 1.29 is 18.3 Å². The number of aromatic nitrogens is 2. The van der Waals surface area contributed by atoms with Crippen LogP contribution in [0.15, 0.2) is 59.8 Å². The smallest absolute Gasteiger partial charge is 0.338 e. The molecule has 2 saturated heterocycles. The van der Waals surface area contributed by atoms with Gasteiger partial charge in [-0.3, -0.25) is 0 Å². The third-order valence-electron chi connectivity index (χ3n) is 5.66. The Bertz CT molecular complexity index is 1210. The minimum Gasteiger partial charge on any atom is -0.478 e. The molecule has 2 aliphatic rings. The van der Waals surface area contributed by atoms with E-state index in [-0.39, 0.29) is 25.1 Å². The molecule has 30 heavy (non-hydrogen) atoms. The Labute approximate surface area is 174 Å². The van der Waals surface area contributed by atoms with Crippen molar-refractivity contribution >= 4 is 32.7 Å². The molecule has 0 aliphatic carbocycles. The van der Waals surface area contributed by atoms with Gasteiger partial charge >= 0.3 is 5.97 Å². The van der Waals surface area contributed by atoms with Crippen LogP contribution >= 0.6 is 0 Å². The van der Waals surface area contributed by atoms with Gasteiger partial charge in [0.05, 0.1) is 10.5 Å². The van der Waals surface area contributed by atoms with Crippen LogP contribution in [-0.4, -0.2) is 58.9 Å². The molecular weight excluding hydrogens is 404 g/mol. The predicted octanol–water partition coefficient (Wildman–Crippen LogP) is 2.62. The zero-order valence-electron chi connectivity index (χ0n) is 15.3. The number of rotatable bonds is 4. The molecule has 0 radical (unpaired) electrons. The quantitative estimate of drug-likeness (QED) is 0.684. The molecule has 0 spiro atoms. The van der Waals surface area contributed by atoms with E-state index in [4.69, 9.17) is 5.11 Å². The SMILES string of the molecule is C.O=C(O)c1cnc(N2C[C@@H]3C[C@@H]2CN3S(=O)(=O)c2ccc3ccccc3c2)nc1. The predicted molar refractivity (Wildman–Crippen MR) is 113 cm³/mol. The van der Waals surface area contributed by atoms with Gasteiger partial charge < -0.3 is 10.0 Å². The number of nitrogens with zero attached hydrogens (tertiary/aromatic N) is 4. The second-order valence-corrected chi connectivity index (χ2v) is 9.25. The molecule has 2 fully saturated rings. The van der Waals surface area contributed by atoms with Crippen molar-refractivity contribution in [3.63, 3.8) is 0 Å². The van der Waals surface area contributed by atoms with Crippen LogP contribution in [0.5, 0.6) is 0 Å². The van der Waals surface area contributed by atoms with Crippen LogP contribution in [0.4, 0.5) is 5.95 Å². The van der Waals surface area contributed by atoms with Gasteiger partial charge in [-0.25, -0.2) is 23.2 Å². The lowest BCUT2D eigenvalue weighted by atomic mass is 10.1. The molecule has 3 aromatic rings. The average Bonchev–Trinajstić information content (AvgIpc) is 3.35. The highest BCUT2D eigenvalue weighted by atomic mass is 32.2. The fraction of sp³-hybridized carbons (Fsp3) is 0.286. The number of benzene rings is 2. The van der Waals surface area contributed by atoms with Crippen molar-refractivity contribution in [1.82, 2.24) is 14.3 Å². The molecular formula is C21H22N4O4S. The molecule has 3 heterocycles. The summed E-state index contributed by atoms with van der Waals surface area (Å²) in [6.45, 7) is 0.855. The number of carbonyl (C=O) groups is 1. The van der Waals surface area contributed by atoms with Crippen LogP contribution in [0.2, 0.25) is 0 Å². The Morgan fingerprint density at radius 2 is 1.70 bits per heavy atom. The lowest BCUT2D eigenvalue weighted by Gasteiger charge is -2.33. The van der Waals surface area contributed by atoms with Crippen molar-refractivity contribution in [2.45, 2.75) is 30.8 Å². The first-order chi connectivity index (χ1) is 13.9. The van der Waals surface area contributed by atoms with Crippen molar-refractivity contribution in [2.24, 2.45) is 0 Å². The first-order valence-corrected chi connectivity index (χ1v) is 10.7. The summed E-state index contributed by atoms with van der Waals surface area (Å²) >= 11 is 0. The van der Waals surface area contributed by atoms with E-state index >= 15 is 0 Å². The lowest BCUT2D eigenvalue weighted by molar-refractivity contribution is 0.0696. The molecule has 0 amide bonds. The van der Waals surface area contributed by atoms with Gasteiger partial charge in [-0.2, -0.15) is 4.31 Å². The zero-order chi connectivity index (χ0) is 20.2. The molecule has 156 valence electrons. The fourth-order valence-corrected chi connectivity index (χ4v) is 5.91. The van der Waals surface area contributed by atoms with Crippen LogP contribution in [0, 0.1) is 0 Å². The van der Waals surface area contributed by atoms with Crippen LogP contribution < -0.4 is 4.90 Å². The van der Waals surface area contributed by atoms with Gasteiger partial charge in [0.25, 0.3) is 0 Å². The zero-order valence-corrected chi connectivity index (χ0v) is 16.2. The van der Waals surface area contributed by atoms with Crippen LogP contribution in [-0.2, 0) is 10.0 Å². The highest BCUT2D eigenvalue weighted by molar-refractivity contribution is 7.89. The summed E-state index contributed by atoms with van der Waals surface area (Å²) in [6.07, 6.45) is 3.26. The molecule has 2 bridgehead atoms. The maximum absolute atomic E-state index is 13.2. The molecule has 1 aromatic heterocycles. The Morgan fingerprint density at radius 3 is 2.33 bits per heavy atom. The first kappa shape index (κ1) is 20.2. The van der Waals surface area contributed by atoms with Gasteiger partial charge in [0, 0.05) is 37.6 Å². The summed E-state index contributed by atoms with van der Waals surface area (Å²) < 4.78 is 28.1. The topological polar surface area (TPSA) is 104 Å². The van der Waals surface area contributed by atoms with Gasteiger partial charge in [0.2, 0.25) is 16.0 Å². The van der Waals surface area contributed by atoms with E-state index in [0.29, 0.717) is 30.4 Å². The minimum atomic E-state index is -3.60. The second kappa shape index (κ2) is 7.33. The number of hydrogen-bond acceptors (Lipinski definition) is 6. The van der Waals surface area contributed by atoms with Crippen molar-refractivity contribution in [2.75, 3.05) is 18.0 Å². The Morgan fingerprint density at radius 1 is 1.00 bits per heavy atom. The highest BCUT2D eigenvalue weighted by Crippen LogP contribution is 2.36. The number of aromatic carboxylic acids is 1. The van der Waals surface area contributed by atoms with E-state index < -0.39 is 16.0 Å². The van der Waals surface area contributed by atoms with Crippen molar-refractivity contribution in [3.8, 4) is 0 Å². The number of sulfonamides is 1. The Kier molecular flexibility index (Phi) is 4.95. The van der Waals surface area contributed by atoms with E-state index in [1.54, 1.807) is 16.4 Å². The Balaban J connectivity index is 0.00000218. The number of anilines is 1. The van der Waals surface area contributed by atoms with E-state index in [2.05, 4.69) is 9.97 Å². The fourth-order valence-electron chi connectivity index (χ4n) is 4.21. The molecule has 8 nitrogen and oxygen atoms in total. The first-order valence-electron chi connectivity index (χ1n) is 9.26. The molecule has 1 N–H and O–H groups in total. The standard InChI is InChI=1S/C20H18N4O4S.CH4/c25-19(26)15-9-21-20(22-10-15)23-11-17-8-16(23)12-24(17)29(27,28)18-6-5-13-3-1-2-4-14(13)7-18;/h1-7,9-10,16-17H,8,11-12H2,(H,25,26);1H4/t16-,17+;/m1./s1. The summed E-state index contributed by atoms with van der Waals surface area (Å²) in [7, 11) is -3.60. The normalized spacial score (nSPS) is 21.0. The minimum absolute atomic E-state index is 0. The van der Waals surface area contributed by atoms with E-state index in [9.17, 15) is 13.2 Å². The molecule has 2 aliphatic heterocycles. The second-order valence-electron chi connectivity index (χ2n) is 7.36. The summed E-state index contributed by atoms with van der Waals surface area (Å²) in [5.74, 6) is -0.641. The lowest BCUT2D eigenvalue weighted by Crippen LogP contribution is -2.49. The van der Waals surface area contributed by atoms with Crippen molar-refractivity contribution in [3.05, 3.63) is 60.4 Å². The number of fused-ring (bicyclic) bond motifs is 3. The average molecular weight is 426 g/mol. The molecule has 0 unspecified atom stereocenters. The third kappa shape index (κ3) is 3.20. The van der Waals surface area contributed by atoms with Crippen molar-refractivity contribution in [1.29, 1.82) is 0 Å². The van der Waals surface area contributed by atoms with E-state index in [0.717, 1.165) is 10.8 Å². The van der Waals surface area contributed by atoms with Crippen LogP contribution in [0.3, 0.4) is 0 Å². The van der Waals surface area contributed by atoms with Crippen LogP contribution in [0.25, 0.3) is 10.8 Å². The summed E-state index contributed by atoms with van der Waals surface area (Å²) in [4.78, 5) is 21.5. The third-order valence-corrected chi connectivity index (χ3v) is 7.57. The largest absolute Gasteiger partial charge is 0.478 e. The van der Waals surface area contributed by atoms with E-state index in [1.165, 1.54) is 12.4 Å². The molecule has 9 heteroatoms. The van der Waals surface area contributed by atoms with E-state index in [1.807, 2.05) is 35.2 Å². The van der Waals surface area contributed by atoms with Gasteiger partial charge in [0.1, 0.15) is 0 Å². The molecule has 2 aromatic carbocycles. The van der Waals surface area contributed by atoms with Gasteiger partial charge in [-0.15, -0.1) is 0 Å². The monoisotopic (exact) mass is 426 g/mol. The number of carboxylic acids is 1. The summed E-state index contributed by atoms with van der Waals surface area (Å²) in [5, 5.41) is 10.9. The van der Waals surface area contributed by atoms with Gasteiger partial charge in [0.15, 0.2) is 0 Å². The maximum Gasteiger partial charge on any atom is 0.338 e. The van der Waals surface area contributed by atoms with Crippen LogP contribution in [0.1, 0.15) is 24.2 Å². The summed E-state index contributed by atoms with van der Waals surface area (Å²) in [5.41, 5.74) is 0.0265. The Hall–Kier alpha value is -3.04. The number of hydrogen-bond donors (Lipinski definition) is 1. The van der Waals surface area contributed by atoms with Gasteiger partial charge in [-0.1, -0.05) is 37.8 Å². The number of piperazine rings is 1. The highest BCUT2D eigenvalue weighted by Gasteiger charge is 2.49. The van der Waals surface area contributed by atoms with Gasteiger partial charge in [-0.05, 0) is 29.3 Å². The maximum atomic E-state index is 13.2. The molecule has 2 atom stereocenters. The molecule has 0 saturated carbocycles.